The zero-order valence-electron chi connectivity index (χ0n) is 12.1. The van der Waals surface area contributed by atoms with Crippen molar-refractivity contribution in [3.05, 3.63) is 49.4 Å². The maximum atomic E-state index is 6.40. The smallest absolute Gasteiger partial charge is 0.115 e. The highest BCUT2D eigenvalue weighted by molar-refractivity contribution is 7.11. The van der Waals surface area contributed by atoms with Gasteiger partial charge in [-0.3, -0.25) is 0 Å². The third-order valence-corrected chi connectivity index (χ3v) is 5.43. The van der Waals surface area contributed by atoms with Gasteiger partial charge in [-0.15, -0.1) is 11.3 Å². The van der Waals surface area contributed by atoms with Gasteiger partial charge in [0, 0.05) is 21.0 Å². The molecule has 0 amide bonds. The number of fused-ring (bicyclic) bond motifs is 1. The minimum absolute atomic E-state index is 0.00630. The van der Waals surface area contributed by atoms with E-state index < -0.39 is 0 Å². The molecule has 21 heavy (non-hydrogen) atoms. The van der Waals surface area contributed by atoms with Crippen molar-refractivity contribution in [3.63, 3.8) is 0 Å². The second-order valence-corrected chi connectivity index (χ2v) is 7.65. The zero-order chi connectivity index (χ0) is 15.0. The number of hydrogen-bond acceptors (Lipinski definition) is 3. The molecule has 2 aromatic rings. The Hall–Kier alpha value is -0.610. The van der Waals surface area contributed by atoms with Crippen molar-refractivity contribution in [1.29, 1.82) is 0 Å². The summed E-state index contributed by atoms with van der Waals surface area (Å²) in [4.78, 5) is 6.27. The molecule has 1 aliphatic carbocycles. The Morgan fingerprint density at radius 2 is 2.05 bits per heavy atom. The standard InChI is InChI=1S/C16H18Cl2N2S/c1-9(2)19-15(11-8-10(17)6-7-12(11)18)16-20-13-4-3-5-14(13)21-16/h6-9,15,19H,3-5H2,1-2H3. The molecule has 0 saturated heterocycles. The second kappa shape index (κ2) is 6.25. The van der Waals surface area contributed by atoms with Crippen LogP contribution in [0.2, 0.25) is 10.0 Å². The van der Waals surface area contributed by atoms with Crippen molar-refractivity contribution in [2.75, 3.05) is 0 Å². The van der Waals surface area contributed by atoms with Crippen LogP contribution in [0.3, 0.4) is 0 Å². The van der Waals surface area contributed by atoms with Crippen LogP contribution in [0.4, 0.5) is 0 Å². The summed E-state index contributed by atoms with van der Waals surface area (Å²) >= 11 is 14.4. The van der Waals surface area contributed by atoms with Gasteiger partial charge in [0.15, 0.2) is 0 Å². The Morgan fingerprint density at radius 1 is 1.24 bits per heavy atom. The molecular formula is C16H18Cl2N2S. The van der Waals surface area contributed by atoms with Crippen LogP contribution in [0.1, 0.15) is 47.5 Å². The van der Waals surface area contributed by atoms with Crippen LogP contribution in [0.5, 0.6) is 0 Å². The van der Waals surface area contributed by atoms with Gasteiger partial charge in [-0.2, -0.15) is 0 Å². The normalized spacial score (nSPS) is 15.5. The van der Waals surface area contributed by atoms with Gasteiger partial charge in [0.25, 0.3) is 0 Å². The lowest BCUT2D eigenvalue weighted by molar-refractivity contribution is 0.526. The van der Waals surface area contributed by atoms with Gasteiger partial charge in [0.1, 0.15) is 5.01 Å². The van der Waals surface area contributed by atoms with Crippen LogP contribution in [-0.4, -0.2) is 11.0 Å². The number of nitrogens with zero attached hydrogens (tertiary/aromatic N) is 1. The first kappa shape index (κ1) is 15.3. The van der Waals surface area contributed by atoms with Gasteiger partial charge in [-0.25, -0.2) is 4.98 Å². The lowest BCUT2D eigenvalue weighted by Gasteiger charge is -2.21. The average molecular weight is 341 g/mol. The fourth-order valence-electron chi connectivity index (χ4n) is 2.70. The molecule has 3 rings (SSSR count). The Bertz CT molecular complexity index is 630. The van der Waals surface area contributed by atoms with Gasteiger partial charge in [0.2, 0.25) is 0 Å². The predicted molar refractivity (Wildman–Crippen MR) is 90.7 cm³/mol. The first-order valence-electron chi connectivity index (χ1n) is 7.24. The highest BCUT2D eigenvalue weighted by atomic mass is 35.5. The minimum atomic E-state index is 0.00630. The largest absolute Gasteiger partial charge is 0.302 e. The summed E-state index contributed by atoms with van der Waals surface area (Å²) in [5.41, 5.74) is 2.27. The van der Waals surface area contributed by atoms with Crippen molar-refractivity contribution in [1.82, 2.24) is 10.3 Å². The molecule has 2 nitrogen and oxygen atoms in total. The molecule has 0 saturated carbocycles. The fourth-order valence-corrected chi connectivity index (χ4v) is 4.34. The summed E-state index contributed by atoms with van der Waals surface area (Å²) in [7, 11) is 0. The Balaban J connectivity index is 2.02. The van der Waals surface area contributed by atoms with E-state index in [0.29, 0.717) is 11.1 Å². The summed E-state index contributed by atoms with van der Waals surface area (Å²) in [6, 6.07) is 5.96. The molecule has 0 spiro atoms. The Kier molecular flexibility index (Phi) is 4.55. The highest BCUT2D eigenvalue weighted by Gasteiger charge is 2.25. The van der Waals surface area contributed by atoms with Crippen molar-refractivity contribution in [2.24, 2.45) is 0 Å². The van der Waals surface area contributed by atoms with E-state index in [1.807, 2.05) is 18.2 Å². The van der Waals surface area contributed by atoms with E-state index in [-0.39, 0.29) is 6.04 Å². The molecule has 1 heterocycles. The van der Waals surface area contributed by atoms with E-state index in [1.165, 1.54) is 17.0 Å². The number of hydrogen-bond donors (Lipinski definition) is 1. The monoisotopic (exact) mass is 340 g/mol. The number of aromatic nitrogens is 1. The number of halogens is 2. The fraction of sp³-hybridized carbons (Fsp3) is 0.438. The van der Waals surface area contributed by atoms with Crippen LogP contribution >= 0.6 is 34.5 Å². The Morgan fingerprint density at radius 3 is 2.76 bits per heavy atom. The van der Waals surface area contributed by atoms with Crippen LogP contribution in [0.25, 0.3) is 0 Å². The molecule has 5 heteroatoms. The van der Waals surface area contributed by atoms with Crippen molar-refractivity contribution in [3.8, 4) is 0 Å². The second-order valence-electron chi connectivity index (χ2n) is 5.70. The van der Waals surface area contributed by atoms with Gasteiger partial charge in [-0.05, 0) is 56.9 Å². The van der Waals surface area contributed by atoms with Gasteiger partial charge in [0.05, 0.1) is 11.7 Å². The summed E-state index contributed by atoms with van der Waals surface area (Å²) in [6.45, 7) is 4.26. The predicted octanol–water partition coefficient (Wildman–Crippen LogP) is 5.03. The quantitative estimate of drug-likeness (QED) is 0.844. The van der Waals surface area contributed by atoms with Crippen LogP contribution in [0, 0.1) is 0 Å². The third kappa shape index (κ3) is 3.26. The molecule has 1 aliphatic rings. The van der Waals surface area contributed by atoms with E-state index in [4.69, 9.17) is 28.2 Å². The van der Waals surface area contributed by atoms with E-state index in [9.17, 15) is 0 Å². The molecule has 0 aliphatic heterocycles. The summed E-state index contributed by atoms with van der Waals surface area (Å²) < 4.78 is 0. The number of rotatable bonds is 4. The molecule has 1 aromatic carbocycles. The van der Waals surface area contributed by atoms with Crippen molar-refractivity contribution < 1.29 is 0 Å². The molecule has 112 valence electrons. The lowest BCUT2D eigenvalue weighted by Crippen LogP contribution is -2.29. The average Bonchev–Trinajstić information content (AvgIpc) is 2.99. The van der Waals surface area contributed by atoms with E-state index in [0.717, 1.165) is 28.4 Å². The number of aryl methyl sites for hydroxylation is 2. The third-order valence-electron chi connectivity index (χ3n) is 3.63. The van der Waals surface area contributed by atoms with Crippen molar-refractivity contribution in [2.45, 2.75) is 45.2 Å². The molecule has 0 bridgehead atoms. The van der Waals surface area contributed by atoms with Crippen LogP contribution in [-0.2, 0) is 12.8 Å². The maximum absolute atomic E-state index is 6.40. The molecule has 0 radical (unpaired) electrons. The van der Waals surface area contributed by atoms with E-state index in [1.54, 1.807) is 11.3 Å². The van der Waals surface area contributed by atoms with Crippen molar-refractivity contribution >= 4 is 34.5 Å². The molecule has 1 unspecified atom stereocenters. The Labute approximate surface area is 139 Å². The molecule has 0 fully saturated rings. The summed E-state index contributed by atoms with van der Waals surface area (Å²) in [5.74, 6) is 0. The first-order chi connectivity index (χ1) is 10.0. The van der Waals surface area contributed by atoms with Gasteiger partial charge >= 0.3 is 0 Å². The maximum Gasteiger partial charge on any atom is 0.115 e. The molecular weight excluding hydrogens is 323 g/mol. The summed E-state index contributed by atoms with van der Waals surface area (Å²) in [6.07, 6.45) is 3.49. The van der Waals surface area contributed by atoms with Crippen LogP contribution in [0.15, 0.2) is 18.2 Å². The number of thiazole rings is 1. The molecule has 1 N–H and O–H groups in total. The number of nitrogens with one attached hydrogen (secondary N) is 1. The topological polar surface area (TPSA) is 24.9 Å². The first-order valence-corrected chi connectivity index (χ1v) is 8.81. The van der Waals surface area contributed by atoms with E-state index in [2.05, 4.69) is 19.2 Å². The minimum Gasteiger partial charge on any atom is -0.302 e. The molecule has 1 aromatic heterocycles. The van der Waals surface area contributed by atoms with Gasteiger partial charge < -0.3 is 5.32 Å². The lowest BCUT2D eigenvalue weighted by atomic mass is 10.1. The van der Waals surface area contributed by atoms with Gasteiger partial charge in [-0.1, -0.05) is 23.2 Å². The zero-order valence-corrected chi connectivity index (χ0v) is 14.4. The number of benzene rings is 1. The SMILES string of the molecule is CC(C)NC(c1nc2c(s1)CCC2)c1cc(Cl)ccc1Cl. The van der Waals surface area contributed by atoms with E-state index >= 15 is 0 Å². The van der Waals surface area contributed by atoms with Crippen LogP contribution < -0.4 is 5.32 Å². The highest BCUT2D eigenvalue weighted by Crippen LogP contribution is 2.36. The summed E-state index contributed by atoms with van der Waals surface area (Å²) in [5, 5.41) is 6.10. The molecule has 1 atom stereocenters.